The highest BCUT2D eigenvalue weighted by molar-refractivity contribution is 6.32. The number of hydrazone groups is 1. The molecule has 0 radical (unpaired) electrons. The molecule has 9 heteroatoms. The van der Waals surface area contributed by atoms with Crippen molar-refractivity contribution in [2.75, 3.05) is 32.8 Å². The van der Waals surface area contributed by atoms with Gasteiger partial charge in [0, 0.05) is 35.6 Å². The molecule has 0 saturated carbocycles. The van der Waals surface area contributed by atoms with Crippen molar-refractivity contribution in [3.05, 3.63) is 70.7 Å². The number of aromatic hydroxyl groups is 1. The van der Waals surface area contributed by atoms with Crippen LogP contribution in [-0.2, 0) is 4.79 Å². The molecular weight excluding hydrogens is 504 g/mol. The largest absolute Gasteiger partial charge is 0.506 e. The minimum atomic E-state index is -0.448. The van der Waals surface area contributed by atoms with Crippen molar-refractivity contribution in [3.8, 4) is 11.5 Å². The number of nitrogens with one attached hydrogen (secondary N) is 1. The smallest absolute Gasteiger partial charge is 0.271 e. The first-order valence-electron chi connectivity index (χ1n) is 13.0. The number of hydrogen-bond donors (Lipinski definition) is 2. The Morgan fingerprint density at radius 2 is 1.84 bits per heavy atom. The summed E-state index contributed by atoms with van der Waals surface area (Å²) >= 11 is 5.89. The van der Waals surface area contributed by atoms with Gasteiger partial charge in [0.05, 0.1) is 11.2 Å². The van der Waals surface area contributed by atoms with Crippen LogP contribution in [0, 0.1) is 0 Å². The number of phenols is 1. The Labute approximate surface area is 226 Å². The molecule has 0 bridgehead atoms. The molecule has 5 rings (SSSR count). The molecule has 0 aliphatic carbocycles. The van der Waals surface area contributed by atoms with Crippen LogP contribution in [0.1, 0.15) is 41.6 Å². The number of amides is 2. The monoisotopic (exact) mass is 534 g/mol. The van der Waals surface area contributed by atoms with Crippen molar-refractivity contribution < 1.29 is 19.4 Å². The average molecular weight is 535 g/mol. The van der Waals surface area contributed by atoms with Crippen LogP contribution in [0.5, 0.6) is 11.5 Å². The van der Waals surface area contributed by atoms with E-state index in [0.29, 0.717) is 5.75 Å². The topological polar surface area (TPSA) is 94.5 Å². The second-order valence-corrected chi connectivity index (χ2v) is 10.2. The van der Waals surface area contributed by atoms with Crippen molar-refractivity contribution in [1.29, 1.82) is 0 Å². The van der Waals surface area contributed by atoms with Gasteiger partial charge in [-0.3, -0.25) is 9.59 Å². The fourth-order valence-corrected chi connectivity index (χ4v) is 5.43. The first-order valence-corrected chi connectivity index (χ1v) is 13.4. The van der Waals surface area contributed by atoms with E-state index in [1.807, 2.05) is 41.3 Å². The van der Waals surface area contributed by atoms with Crippen molar-refractivity contribution >= 4 is 40.4 Å². The highest BCUT2D eigenvalue weighted by atomic mass is 35.5. The zero-order valence-electron chi connectivity index (χ0n) is 21.1. The van der Waals surface area contributed by atoms with Gasteiger partial charge >= 0.3 is 0 Å². The Bertz CT molecular complexity index is 1360. The Kier molecular flexibility index (Phi) is 8.10. The number of halogens is 1. The van der Waals surface area contributed by atoms with Crippen molar-refractivity contribution in [1.82, 2.24) is 15.2 Å². The minimum Gasteiger partial charge on any atom is -0.506 e. The third-order valence-electron chi connectivity index (χ3n) is 7.21. The molecule has 2 amide bonds. The molecule has 2 saturated heterocycles. The summed E-state index contributed by atoms with van der Waals surface area (Å²) in [6.07, 6.45) is 6.14. The van der Waals surface area contributed by atoms with E-state index in [9.17, 15) is 14.7 Å². The number of benzene rings is 3. The van der Waals surface area contributed by atoms with Crippen LogP contribution >= 0.6 is 11.6 Å². The highest BCUT2D eigenvalue weighted by Gasteiger charge is 2.31. The summed E-state index contributed by atoms with van der Waals surface area (Å²) in [6.45, 7) is 4.01. The van der Waals surface area contributed by atoms with Crippen LogP contribution in [0.3, 0.4) is 0 Å². The summed E-state index contributed by atoms with van der Waals surface area (Å²) in [5.74, 6) is 0.114. The summed E-state index contributed by atoms with van der Waals surface area (Å²) in [6, 6.07) is 15.9. The molecule has 2 aliphatic heterocycles. The van der Waals surface area contributed by atoms with Crippen LogP contribution < -0.4 is 10.2 Å². The molecule has 1 unspecified atom stereocenters. The maximum atomic E-state index is 13.1. The lowest BCUT2D eigenvalue weighted by Crippen LogP contribution is -2.44. The molecule has 3 aromatic carbocycles. The molecule has 2 N–H and O–H groups in total. The number of carbonyl (C=O) groups excluding carboxylic acids is 2. The number of fused-ring (bicyclic) bond motifs is 1. The Balaban J connectivity index is 1.24. The summed E-state index contributed by atoms with van der Waals surface area (Å²) in [5, 5.41) is 15.5. The van der Waals surface area contributed by atoms with Gasteiger partial charge in [0.2, 0.25) is 0 Å². The Morgan fingerprint density at radius 1 is 1.05 bits per heavy atom. The lowest BCUT2D eigenvalue weighted by atomic mass is 10.0. The number of nitrogens with zero attached hydrogens (tertiary/aromatic N) is 3. The molecule has 0 spiro atoms. The van der Waals surface area contributed by atoms with Crippen LogP contribution in [0.2, 0.25) is 5.02 Å². The molecule has 3 aromatic rings. The van der Waals surface area contributed by atoms with Crippen LogP contribution in [-0.4, -0.2) is 71.8 Å². The second-order valence-electron chi connectivity index (χ2n) is 9.74. The Morgan fingerprint density at radius 3 is 2.63 bits per heavy atom. The maximum Gasteiger partial charge on any atom is 0.271 e. The summed E-state index contributed by atoms with van der Waals surface area (Å²) in [5.41, 5.74) is 3.55. The lowest BCUT2D eigenvalue weighted by Gasteiger charge is -2.28. The fraction of sp³-hybridized carbons (Fsp3) is 0.345. The number of likely N-dealkylation sites (tertiary alicyclic amines) is 2. The number of carbonyl (C=O) groups is 2. The molecule has 8 nitrogen and oxygen atoms in total. The maximum absolute atomic E-state index is 13.1. The zero-order chi connectivity index (χ0) is 26.5. The highest BCUT2D eigenvalue weighted by Crippen LogP contribution is 2.29. The molecule has 1 atom stereocenters. The normalized spacial score (nSPS) is 17.9. The predicted molar refractivity (Wildman–Crippen MR) is 148 cm³/mol. The van der Waals surface area contributed by atoms with E-state index < -0.39 is 5.91 Å². The number of hydrogen-bond acceptors (Lipinski definition) is 6. The van der Waals surface area contributed by atoms with E-state index in [4.69, 9.17) is 16.3 Å². The van der Waals surface area contributed by atoms with Crippen LogP contribution in [0.15, 0.2) is 59.7 Å². The first-order chi connectivity index (χ1) is 18.5. The third kappa shape index (κ3) is 5.92. The zero-order valence-corrected chi connectivity index (χ0v) is 21.9. The minimum absolute atomic E-state index is 0.000816. The van der Waals surface area contributed by atoms with E-state index >= 15 is 0 Å². The number of phenolic OH excluding ortho intramolecular Hbond substituents is 1. The van der Waals surface area contributed by atoms with Gasteiger partial charge in [0.25, 0.3) is 11.8 Å². The molecule has 0 aromatic heterocycles. The molecular formula is C29H31ClN4O4. The average Bonchev–Trinajstić information content (AvgIpc) is 3.62. The molecule has 2 fully saturated rings. The van der Waals surface area contributed by atoms with Gasteiger partial charge in [-0.1, -0.05) is 35.9 Å². The van der Waals surface area contributed by atoms with E-state index in [-0.39, 0.29) is 34.9 Å². The molecule has 2 heterocycles. The predicted octanol–water partition coefficient (Wildman–Crippen LogP) is 4.43. The third-order valence-corrected chi connectivity index (χ3v) is 7.52. The summed E-state index contributed by atoms with van der Waals surface area (Å²) < 4.78 is 6.04. The summed E-state index contributed by atoms with van der Waals surface area (Å²) in [4.78, 5) is 29.9. The van der Waals surface area contributed by atoms with Crippen molar-refractivity contribution in [2.45, 2.75) is 31.7 Å². The lowest BCUT2D eigenvalue weighted by molar-refractivity contribution is -0.134. The van der Waals surface area contributed by atoms with Crippen LogP contribution in [0.4, 0.5) is 0 Å². The summed E-state index contributed by atoms with van der Waals surface area (Å²) in [7, 11) is 0. The molecule has 198 valence electrons. The molecule has 2 aliphatic rings. The first kappa shape index (κ1) is 26.0. The van der Waals surface area contributed by atoms with Gasteiger partial charge in [-0.2, -0.15) is 5.10 Å². The van der Waals surface area contributed by atoms with E-state index in [1.54, 1.807) is 6.21 Å². The van der Waals surface area contributed by atoms with Gasteiger partial charge in [-0.05, 0) is 74.5 Å². The van der Waals surface area contributed by atoms with Gasteiger partial charge in [-0.15, -0.1) is 0 Å². The van der Waals surface area contributed by atoms with Gasteiger partial charge in [0.15, 0.2) is 6.61 Å². The van der Waals surface area contributed by atoms with E-state index in [2.05, 4.69) is 15.4 Å². The Hall–Kier alpha value is -3.62. The fourth-order valence-electron chi connectivity index (χ4n) is 5.25. The van der Waals surface area contributed by atoms with Gasteiger partial charge in [-0.25, -0.2) is 5.43 Å². The molecule has 38 heavy (non-hydrogen) atoms. The number of rotatable bonds is 8. The SMILES string of the molecule is O=C(NN=Cc1ccc(OCC(=O)N2CCCC2CN2CCCC2)c2ccccc12)c1ccc(O)c(Cl)c1. The van der Waals surface area contributed by atoms with E-state index in [0.717, 1.165) is 55.4 Å². The standard InChI is InChI=1S/C29H31ClN4O4/c30-25-16-20(9-11-26(25)35)29(37)32-31-17-21-10-12-27(24-8-2-1-7-23(21)24)38-19-28(36)34-15-5-6-22(34)18-33-13-3-4-14-33/h1-2,7-12,16-17,22,35H,3-6,13-15,18-19H2,(H,32,37). The van der Waals surface area contributed by atoms with Crippen LogP contribution in [0.25, 0.3) is 10.8 Å². The van der Waals surface area contributed by atoms with Gasteiger partial charge < -0.3 is 19.6 Å². The van der Waals surface area contributed by atoms with Crippen molar-refractivity contribution in [3.63, 3.8) is 0 Å². The van der Waals surface area contributed by atoms with E-state index in [1.165, 1.54) is 31.0 Å². The quantitative estimate of drug-likeness (QED) is 0.329. The second kappa shape index (κ2) is 11.8. The van der Waals surface area contributed by atoms with Gasteiger partial charge in [0.1, 0.15) is 11.5 Å². The van der Waals surface area contributed by atoms with Crippen molar-refractivity contribution in [2.24, 2.45) is 5.10 Å². The number of ether oxygens (including phenoxy) is 1.